The number of anilines is 1. The van der Waals surface area contributed by atoms with Gasteiger partial charge in [0.05, 0.1) is 7.11 Å². The highest BCUT2D eigenvalue weighted by molar-refractivity contribution is 5.93. The molecular weight excluding hydrogens is 203 g/mol. The third-order valence-electron chi connectivity index (χ3n) is 1.71. The molecule has 0 saturated heterocycles. The number of nitrogens with one attached hydrogen (secondary N) is 1. The minimum Gasteiger partial charge on any atom is -0.479 e. The van der Waals surface area contributed by atoms with Crippen LogP contribution in [-0.4, -0.2) is 29.7 Å². The molecule has 6 heteroatoms. The molecule has 1 aromatic heterocycles. The van der Waals surface area contributed by atoms with Crippen LogP contribution >= 0.6 is 0 Å². The molecular formula is C9H11FN2O3. The van der Waals surface area contributed by atoms with E-state index in [0.29, 0.717) is 6.54 Å². The highest BCUT2D eigenvalue weighted by Crippen LogP contribution is 2.21. The van der Waals surface area contributed by atoms with Gasteiger partial charge in [-0.05, 0) is 13.0 Å². The number of hydrogen-bond donors (Lipinski definition) is 2. The van der Waals surface area contributed by atoms with Gasteiger partial charge in [0.15, 0.2) is 5.82 Å². The molecule has 82 valence electrons. The van der Waals surface area contributed by atoms with E-state index in [0.717, 1.165) is 6.07 Å². The molecule has 15 heavy (non-hydrogen) atoms. The molecule has 0 aromatic carbocycles. The maximum absolute atomic E-state index is 13.2. The van der Waals surface area contributed by atoms with E-state index < -0.39 is 11.8 Å². The first kappa shape index (κ1) is 11.2. The second kappa shape index (κ2) is 4.59. The van der Waals surface area contributed by atoms with Crippen LogP contribution in [0.15, 0.2) is 6.07 Å². The molecule has 5 nitrogen and oxygen atoms in total. The van der Waals surface area contributed by atoms with Crippen molar-refractivity contribution < 1.29 is 19.0 Å². The zero-order valence-corrected chi connectivity index (χ0v) is 8.37. The van der Waals surface area contributed by atoms with E-state index in [-0.39, 0.29) is 17.3 Å². The first-order valence-corrected chi connectivity index (χ1v) is 4.31. The summed E-state index contributed by atoms with van der Waals surface area (Å²) >= 11 is 0. The number of carboxylic acid groups (broad SMARTS) is 1. The summed E-state index contributed by atoms with van der Waals surface area (Å²) in [7, 11) is 1.27. The number of aromatic carboxylic acids is 1. The number of aromatic nitrogens is 1. The average molecular weight is 214 g/mol. The second-order valence-electron chi connectivity index (χ2n) is 2.71. The van der Waals surface area contributed by atoms with Crippen molar-refractivity contribution in [2.75, 3.05) is 19.0 Å². The zero-order valence-electron chi connectivity index (χ0n) is 8.37. The topological polar surface area (TPSA) is 71.5 Å². The van der Waals surface area contributed by atoms with Gasteiger partial charge in [0.1, 0.15) is 11.4 Å². The van der Waals surface area contributed by atoms with Gasteiger partial charge in [0.25, 0.3) is 5.88 Å². The molecule has 0 aliphatic rings. The summed E-state index contributed by atoms with van der Waals surface area (Å²) in [4.78, 5) is 14.5. The normalized spacial score (nSPS) is 9.80. The molecule has 1 rings (SSSR count). The number of rotatable bonds is 4. The van der Waals surface area contributed by atoms with E-state index in [9.17, 15) is 9.18 Å². The number of pyridine rings is 1. The molecule has 0 atom stereocenters. The first-order chi connectivity index (χ1) is 7.10. The lowest BCUT2D eigenvalue weighted by atomic mass is 10.2. The van der Waals surface area contributed by atoms with Gasteiger partial charge in [-0.1, -0.05) is 0 Å². The summed E-state index contributed by atoms with van der Waals surface area (Å²) in [6.07, 6.45) is 0. The summed E-state index contributed by atoms with van der Waals surface area (Å²) in [6.45, 7) is 2.27. The Morgan fingerprint density at radius 3 is 2.87 bits per heavy atom. The Hall–Kier alpha value is -1.85. The number of nitrogens with zero attached hydrogens (tertiary/aromatic N) is 1. The molecule has 0 saturated carbocycles. The third kappa shape index (κ3) is 2.34. The van der Waals surface area contributed by atoms with Gasteiger partial charge in [-0.25, -0.2) is 9.18 Å². The Bertz CT molecular complexity index is 382. The molecule has 2 N–H and O–H groups in total. The summed E-state index contributed by atoms with van der Waals surface area (Å²) in [6, 6.07) is 0.881. The molecule has 0 aliphatic carbocycles. The number of halogens is 1. The molecule has 0 fully saturated rings. The van der Waals surface area contributed by atoms with Gasteiger partial charge in [-0.2, -0.15) is 4.98 Å². The Labute approximate surface area is 85.9 Å². The molecule has 0 bridgehead atoms. The Morgan fingerprint density at radius 1 is 1.73 bits per heavy atom. The first-order valence-electron chi connectivity index (χ1n) is 4.31. The van der Waals surface area contributed by atoms with Crippen LogP contribution in [0.25, 0.3) is 0 Å². The largest absolute Gasteiger partial charge is 0.479 e. The molecule has 1 heterocycles. The van der Waals surface area contributed by atoms with Crippen LogP contribution in [0, 0.1) is 5.82 Å². The minimum atomic E-state index is -1.24. The zero-order chi connectivity index (χ0) is 11.4. The van der Waals surface area contributed by atoms with Crippen LogP contribution in [0.3, 0.4) is 0 Å². The van der Waals surface area contributed by atoms with E-state index >= 15 is 0 Å². The van der Waals surface area contributed by atoms with Crippen LogP contribution in [-0.2, 0) is 0 Å². The molecule has 1 aromatic rings. The van der Waals surface area contributed by atoms with Gasteiger partial charge in [0, 0.05) is 6.54 Å². The fourth-order valence-corrected chi connectivity index (χ4v) is 1.08. The number of methoxy groups -OCH3 is 1. The lowest BCUT2D eigenvalue weighted by Gasteiger charge is -2.08. The van der Waals surface area contributed by atoms with E-state index in [1.165, 1.54) is 7.11 Å². The van der Waals surface area contributed by atoms with Gasteiger partial charge in [-0.3, -0.25) is 0 Å². The fourth-order valence-electron chi connectivity index (χ4n) is 1.08. The monoisotopic (exact) mass is 214 g/mol. The number of hydrogen-bond acceptors (Lipinski definition) is 4. The van der Waals surface area contributed by atoms with E-state index in [1.807, 2.05) is 0 Å². The predicted molar refractivity (Wildman–Crippen MR) is 51.9 cm³/mol. The summed E-state index contributed by atoms with van der Waals surface area (Å²) in [5.41, 5.74) is -0.213. The van der Waals surface area contributed by atoms with E-state index in [1.54, 1.807) is 6.92 Å². The van der Waals surface area contributed by atoms with Crippen LogP contribution < -0.4 is 10.1 Å². The average Bonchev–Trinajstić information content (AvgIpc) is 2.20. The SMILES string of the molecule is CCNc1nc(OC)c(F)cc1C(=O)O. The molecule has 0 radical (unpaired) electrons. The second-order valence-corrected chi connectivity index (χ2v) is 2.71. The summed E-state index contributed by atoms with van der Waals surface area (Å²) in [5, 5.41) is 11.5. The van der Waals surface area contributed by atoms with E-state index in [4.69, 9.17) is 5.11 Å². The maximum Gasteiger partial charge on any atom is 0.339 e. The fraction of sp³-hybridized carbons (Fsp3) is 0.333. The maximum atomic E-state index is 13.2. The van der Waals surface area contributed by atoms with Crippen molar-refractivity contribution >= 4 is 11.8 Å². The standard InChI is InChI=1S/C9H11FN2O3/c1-3-11-7-5(9(13)14)4-6(10)8(12-7)15-2/h4H,3H2,1-2H3,(H,11,12)(H,13,14). The summed E-state index contributed by atoms with van der Waals surface area (Å²) < 4.78 is 17.8. The Balaban J connectivity index is 3.25. The van der Waals surface area contributed by atoms with Crippen LogP contribution in [0.1, 0.15) is 17.3 Å². The van der Waals surface area contributed by atoms with Crippen molar-refractivity contribution in [1.82, 2.24) is 4.98 Å². The summed E-state index contributed by atoms with van der Waals surface area (Å²) in [5.74, 6) is -2.16. The van der Waals surface area contributed by atoms with Crippen molar-refractivity contribution in [3.05, 3.63) is 17.4 Å². The van der Waals surface area contributed by atoms with Crippen LogP contribution in [0.4, 0.5) is 10.2 Å². The highest BCUT2D eigenvalue weighted by Gasteiger charge is 2.16. The molecule has 0 unspecified atom stereocenters. The number of ether oxygens (including phenoxy) is 1. The van der Waals surface area contributed by atoms with Crippen LogP contribution in [0.5, 0.6) is 5.88 Å². The van der Waals surface area contributed by atoms with Crippen molar-refractivity contribution in [1.29, 1.82) is 0 Å². The van der Waals surface area contributed by atoms with Crippen molar-refractivity contribution in [3.8, 4) is 5.88 Å². The third-order valence-corrected chi connectivity index (χ3v) is 1.71. The van der Waals surface area contributed by atoms with Crippen LogP contribution in [0.2, 0.25) is 0 Å². The smallest absolute Gasteiger partial charge is 0.339 e. The predicted octanol–water partition coefficient (Wildman–Crippen LogP) is 1.36. The Kier molecular flexibility index (Phi) is 3.43. The lowest BCUT2D eigenvalue weighted by molar-refractivity contribution is 0.0697. The van der Waals surface area contributed by atoms with Crippen molar-refractivity contribution in [2.24, 2.45) is 0 Å². The lowest BCUT2D eigenvalue weighted by Crippen LogP contribution is -2.09. The van der Waals surface area contributed by atoms with Crippen molar-refractivity contribution in [3.63, 3.8) is 0 Å². The van der Waals surface area contributed by atoms with Crippen molar-refractivity contribution in [2.45, 2.75) is 6.92 Å². The molecule has 0 amide bonds. The molecule has 0 aliphatic heterocycles. The van der Waals surface area contributed by atoms with Gasteiger partial charge in [-0.15, -0.1) is 0 Å². The number of carboxylic acids is 1. The van der Waals surface area contributed by atoms with Gasteiger partial charge in [0.2, 0.25) is 0 Å². The number of carbonyl (C=O) groups is 1. The minimum absolute atomic E-state index is 0.100. The van der Waals surface area contributed by atoms with E-state index in [2.05, 4.69) is 15.0 Å². The highest BCUT2D eigenvalue weighted by atomic mass is 19.1. The van der Waals surface area contributed by atoms with Gasteiger partial charge < -0.3 is 15.2 Å². The molecule has 0 spiro atoms. The quantitative estimate of drug-likeness (QED) is 0.791. The Morgan fingerprint density at radius 2 is 2.40 bits per heavy atom. The van der Waals surface area contributed by atoms with Gasteiger partial charge >= 0.3 is 5.97 Å².